The van der Waals surface area contributed by atoms with Crippen molar-refractivity contribution in [2.75, 3.05) is 7.11 Å². The van der Waals surface area contributed by atoms with E-state index in [2.05, 4.69) is 4.74 Å². The highest BCUT2D eigenvalue weighted by atomic mass is 19.1. The van der Waals surface area contributed by atoms with Crippen LogP contribution in [0.3, 0.4) is 0 Å². The number of halogens is 1. The summed E-state index contributed by atoms with van der Waals surface area (Å²) in [5, 5.41) is 29.8. The first-order chi connectivity index (χ1) is 8.85. The Hall–Kier alpha value is -2.06. The molecular formula is C11H12FNO6. The molecule has 0 fully saturated rings. The zero-order valence-corrected chi connectivity index (χ0v) is 9.95. The van der Waals surface area contributed by atoms with Crippen LogP contribution < -0.4 is 0 Å². The highest BCUT2D eigenvalue weighted by Crippen LogP contribution is 2.24. The van der Waals surface area contributed by atoms with Crippen molar-refractivity contribution in [2.24, 2.45) is 0 Å². The van der Waals surface area contributed by atoms with Gasteiger partial charge in [-0.1, -0.05) is 0 Å². The first-order valence-corrected chi connectivity index (χ1v) is 5.23. The Kier molecular flexibility index (Phi) is 4.90. The second-order valence-corrected chi connectivity index (χ2v) is 3.79. The number of nitrogens with zero attached hydrogens (tertiary/aromatic N) is 1. The van der Waals surface area contributed by atoms with E-state index in [1.165, 1.54) is 0 Å². The number of carbonyl (C=O) groups is 1. The maximum atomic E-state index is 13.2. The molecule has 104 valence electrons. The number of methoxy groups -OCH3 is 1. The van der Waals surface area contributed by atoms with Gasteiger partial charge in [-0.3, -0.25) is 14.9 Å². The Labute approximate surface area is 107 Å². The van der Waals surface area contributed by atoms with Crippen molar-refractivity contribution in [1.82, 2.24) is 0 Å². The van der Waals surface area contributed by atoms with Gasteiger partial charge < -0.3 is 14.9 Å². The number of benzene rings is 1. The number of rotatable bonds is 5. The fraction of sp³-hybridized carbons (Fsp3) is 0.364. The van der Waals surface area contributed by atoms with E-state index in [1.807, 2.05) is 0 Å². The van der Waals surface area contributed by atoms with Crippen molar-refractivity contribution < 1.29 is 29.1 Å². The average molecular weight is 273 g/mol. The predicted octanol–water partition coefficient (Wildman–Crippen LogP) is 0.691. The van der Waals surface area contributed by atoms with Gasteiger partial charge in [0, 0.05) is 6.07 Å². The van der Waals surface area contributed by atoms with E-state index in [0.717, 1.165) is 19.2 Å². The topological polar surface area (TPSA) is 110 Å². The van der Waals surface area contributed by atoms with Crippen molar-refractivity contribution in [3.63, 3.8) is 0 Å². The van der Waals surface area contributed by atoms with Gasteiger partial charge in [0.2, 0.25) is 0 Å². The van der Waals surface area contributed by atoms with Crippen LogP contribution in [0.4, 0.5) is 10.1 Å². The molecule has 0 spiro atoms. The quantitative estimate of drug-likeness (QED) is 0.464. The molecule has 1 aromatic carbocycles. The number of aliphatic hydroxyl groups is 2. The molecule has 2 atom stereocenters. The molecule has 7 nitrogen and oxygen atoms in total. The molecule has 0 aliphatic heterocycles. The lowest BCUT2D eigenvalue weighted by atomic mass is 10.0. The summed E-state index contributed by atoms with van der Waals surface area (Å²) in [6.07, 6.45) is -3.69. The first kappa shape index (κ1) is 15.0. The molecule has 0 radical (unpaired) electrons. The molecule has 0 saturated carbocycles. The number of ether oxygens (including phenoxy) is 1. The van der Waals surface area contributed by atoms with Gasteiger partial charge in [0.25, 0.3) is 5.69 Å². The minimum Gasteiger partial charge on any atom is -0.469 e. The van der Waals surface area contributed by atoms with Crippen LogP contribution >= 0.6 is 0 Å². The van der Waals surface area contributed by atoms with E-state index in [-0.39, 0.29) is 5.56 Å². The molecule has 0 saturated heterocycles. The number of hydrogen-bond acceptors (Lipinski definition) is 6. The van der Waals surface area contributed by atoms with Crippen LogP contribution in [-0.2, 0) is 9.53 Å². The average Bonchev–Trinajstić information content (AvgIpc) is 2.36. The van der Waals surface area contributed by atoms with Crippen LogP contribution in [0.1, 0.15) is 18.1 Å². The molecule has 0 bridgehead atoms. The molecule has 0 heterocycles. The van der Waals surface area contributed by atoms with Crippen molar-refractivity contribution >= 4 is 11.7 Å². The third-order valence-corrected chi connectivity index (χ3v) is 2.43. The molecule has 0 aliphatic rings. The van der Waals surface area contributed by atoms with Crippen molar-refractivity contribution in [2.45, 2.75) is 18.6 Å². The molecule has 19 heavy (non-hydrogen) atoms. The zero-order chi connectivity index (χ0) is 14.6. The maximum absolute atomic E-state index is 13.2. The summed E-state index contributed by atoms with van der Waals surface area (Å²) in [4.78, 5) is 20.6. The van der Waals surface area contributed by atoms with E-state index in [4.69, 9.17) is 0 Å². The van der Waals surface area contributed by atoms with E-state index >= 15 is 0 Å². The Morgan fingerprint density at radius 1 is 1.47 bits per heavy atom. The largest absolute Gasteiger partial charge is 0.469 e. The molecule has 1 aromatic rings. The lowest BCUT2D eigenvalue weighted by Crippen LogP contribution is -2.22. The van der Waals surface area contributed by atoms with Gasteiger partial charge in [-0.15, -0.1) is 0 Å². The number of nitro benzene ring substituents is 1. The van der Waals surface area contributed by atoms with Gasteiger partial charge in [-0.25, -0.2) is 4.39 Å². The van der Waals surface area contributed by atoms with Crippen LogP contribution in [0.2, 0.25) is 0 Å². The van der Waals surface area contributed by atoms with E-state index in [9.17, 15) is 29.5 Å². The highest BCUT2D eigenvalue weighted by Gasteiger charge is 2.24. The van der Waals surface area contributed by atoms with Gasteiger partial charge in [0.05, 0.1) is 30.6 Å². The lowest BCUT2D eigenvalue weighted by molar-refractivity contribution is -0.385. The Morgan fingerprint density at radius 3 is 2.63 bits per heavy atom. The standard InChI is InChI=1S/C11H12FNO6/c1-19-10(15)5-9(14)11(16)6-2-7(12)4-8(3-6)13(17)18/h2-4,9,11,14,16H,5H2,1H3. The third-order valence-electron chi connectivity index (χ3n) is 2.43. The molecular weight excluding hydrogens is 261 g/mol. The van der Waals surface area contributed by atoms with Gasteiger partial charge in [-0.05, 0) is 11.6 Å². The summed E-state index contributed by atoms with van der Waals surface area (Å²) in [6.45, 7) is 0. The number of aliphatic hydroxyl groups excluding tert-OH is 2. The smallest absolute Gasteiger partial charge is 0.308 e. The fourth-order valence-corrected chi connectivity index (χ4v) is 1.46. The van der Waals surface area contributed by atoms with Gasteiger partial charge in [0.15, 0.2) is 0 Å². The second kappa shape index (κ2) is 6.21. The Balaban J connectivity index is 2.95. The molecule has 2 unspecified atom stereocenters. The summed E-state index contributed by atoms with van der Waals surface area (Å²) >= 11 is 0. The van der Waals surface area contributed by atoms with Crippen LogP contribution in [-0.4, -0.2) is 34.3 Å². The van der Waals surface area contributed by atoms with Crippen molar-refractivity contribution in [3.05, 3.63) is 39.7 Å². The number of hydrogen-bond donors (Lipinski definition) is 2. The SMILES string of the molecule is COC(=O)CC(O)C(O)c1cc(F)cc([N+](=O)[O-])c1. The predicted molar refractivity (Wildman–Crippen MR) is 60.7 cm³/mol. The maximum Gasteiger partial charge on any atom is 0.308 e. The minimum atomic E-state index is -1.63. The van der Waals surface area contributed by atoms with Crippen molar-refractivity contribution in [3.8, 4) is 0 Å². The number of nitro groups is 1. The van der Waals surface area contributed by atoms with Gasteiger partial charge in [0.1, 0.15) is 11.9 Å². The van der Waals surface area contributed by atoms with E-state index in [0.29, 0.717) is 6.07 Å². The van der Waals surface area contributed by atoms with E-state index < -0.39 is 41.0 Å². The zero-order valence-electron chi connectivity index (χ0n) is 9.95. The van der Waals surface area contributed by atoms with Crippen LogP contribution in [0.25, 0.3) is 0 Å². The normalized spacial score (nSPS) is 13.7. The summed E-state index contributed by atoms with van der Waals surface area (Å²) in [5.74, 6) is -1.69. The fourth-order valence-electron chi connectivity index (χ4n) is 1.46. The monoisotopic (exact) mass is 273 g/mol. The Morgan fingerprint density at radius 2 is 2.11 bits per heavy atom. The second-order valence-electron chi connectivity index (χ2n) is 3.79. The summed E-state index contributed by atoms with van der Waals surface area (Å²) in [7, 11) is 1.11. The highest BCUT2D eigenvalue weighted by molar-refractivity contribution is 5.69. The van der Waals surface area contributed by atoms with Crippen molar-refractivity contribution in [1.29, 1.82) is 0 Å². The number of non-ortho nitro benzene ring substituents is 1. The molecule has 0 aromatic heterocycles. The summed E-state index contributed by atoms with van der Waals surface area (Å²) in [5.41, 5.74) is -0.748. The minimum absolute atomic E-state index is 0.192. The summed E-state index contributed by atoms with van der Waals surface area (Å²) in [6, 6.07) is 2.45. The summed E-state index contributed by atoms with van der Waals surface area (Å²) < 4.78 is 17.5. The number of carbonyl (C=O) groups excluding carboxylic acids is 1. The molecule has 1 rings (SSSR count). The van der Waals surface area contributed by atoms with Crippen LogP contribution in [0.5, 0.6) is 0 Å². The van der Waals surface area contributed by atoms with Crippen LogP contribution in [0, 0.1) is 15.9 Å². The Bertz CT molecular complexity index is 492. The van der Waals surface area contributed by atoms with E-state index in [1.54, 1.807) is 0 Å². The van der Waals surface area contributed by atoms with Crippen LogP contribution in [0.15, 0.2) is 18.2 Å². The van der Waals surface area contributed by atoms with Gasteiger partial charge >= 0.3 is 5.97 Å². The molecule has 0 aliphatic carbocycles. The molecule has 2 N–H and O–H groups in total. The lowest BCUT2D eigenvalue weighted by Gasteiger charge is -2.17. The molecule has 0 amide bonds. The molecule has 8 heteroatoms. The van der Waals surface area contributed by atoms with Gasteiger partial charge in [-0.2, -0.15) is 0 Å². The first-order valence-electron chi connectivity index (χ1n) is 5.23. The third kappa shape index (κ3) is 3.97. The number of esters is 1.